The fraction of sp³-hybridized carbons (Fsp3) is 0.250. The summed E-state index contributed by atoms with van der Waals surface area (Å²) in [4.78, 5) is 3.27. The molecule has 0 fully saturated rings. The van der Waals surface area contributed by atoms with Gasteiger partial charge in [-0.25, -0.2) is 0 Å². The molecule has 0 N–H and O–H groups in total. The van der Waals surface area contributed by atoms with Crippen molar-refractivity contribution in [3.8, 4) is 0 Å². The minimum absolute atomic E-state index is 0.131. The Morgan fingerprint density at radius 3 is 2.00 bits per heavy atom. The number of aromatic nitrogens is 1. The molecule has 1 aromatic rings. The van der Waals surface area contributed by atoms with Gasteiger partial charge in [-0.2, -0.15) is 22.0 Å². The summed E-state index contributed by atoms with van der Waals surface area (Å²) in [5.41, 5.74) is -1.05. The van der Waals surface area contributed by atoms with Crippen LogP contribution in [0.1, 0.15) is 11.3 Å². The first-order valence-corrected chi connectivity index (χ1v) is 3.48. The number of hydrogen-bond acceptors (Lipinski definition) is 1. The third-order valence-electron chi connectivity index (χ3n) is 1.54. The molecular weight excluding hydrogens is 205 g/mol. The Morgan fingerprint density at radius 2 is 1.64 bits per heavy atom. The molecule has 0 spiro atoms. The minimum Gasteiger partial charge on any atom is -0.261 e. The largest absolute Gasteiger partial charge is 0.458 e. The van der Waals surface area contributed by atoms with E-state index in [-0.39, 0.29) is 5.69 Å². The highest BCUT2D eigenvalue weighted by Gasteiger charge is 2.58. The first-order valence-electron chi connectivity index (χ1n) is 3.48. The van der Waals surface area contributed by atoms with Crippen molar-refractivity contribution in [3.05, 3.63) is 36.5 Å². The number of pyridine rings is 1. The van der Waals surface area contributed by atoms with Gasteiger partial charge in [-0.05, 0) is 19.1 Å². The molecule has 1 rings (SSSR count). The molecule has 1 aromatic heterocycles. The number of nitrogens with zero attached hydrogens (tertiary/aromatic N) is 1. The monoisotopic (exact) mass is 210 g/mol. The molecule has 0 aromatic carbocycles. The maximum absolute atomic E-state index is 12.6. The molecule has 77 valence electrons. The zero-order valence-corrected chi connectivity index (χ0v) is 6.78. The Hall–Kier alpha value is -1.20. The van der Waals surface area contributed by atoms with Crippen LogP contribution in [0.25, 0.3) is 0 Å². The predicted molar refractivity (Wildman–Crippen MR) is 38.6 cm³/mol. The molecule has 0 bridgehead atoms. The van der Waals surface area contributed by atoms with Crippen LogP contribution in [0.4, 0.5) is 22.0 Å². The van der Waals surface area contributed by atoms with E-state index in [4.69, 9.17) is 0 Å². The van der Waals surface area contributed by atoms with Crippen LogP contribution < -0.4 is 0 Å². The lowest BCUT2D eigenvalue weighted by Gasteiger charge is -2.19. The first-order chi connectivity index (χ1) is 6.25. The number of alkyl halides is 5. The highest BCUT2D eigenvalue weighted by molar-refractivity contribution is 5.21. The van der Waals surface area contributed by atoms with Gasteiger partial charge in [-0.1, -0.05) is 0 Å². The van der Waals surface area contributed by atoms with Crippen molar-refractivity contribution < 1.29 is 22.0 Å². The van der Waals surface area contributed by atoms with Crippen molar-refractivity contribution in [2.45, 2.75) is 12.1 Å². The van der Waals surface area contributed by atoms with Gasteiger partial charge < -0.3 is 0 Å². The highest BCUT2D eigenvalue weighted by atomic mass is 19.4. The van der Waals surface area contributed by atoms with Gasteiger partial charge in [-0.15, -0.1) is 0 Å². The maximum atomic E-state index is 12.6. The smallest absolute Gasteiger partial charge is 0.261 e. The molecule has 0 unspecified atom stereocenters. The second-order valence-electron chi connectivity index (χ2n) is 2.61. The van der Waals surface area contributed by atoms with Crippen molar-refractivity contribution >= 4 is 0 Å². The van der Waals surface area contributed by atoms with Gasteiger partial charge in [-0.3, -0.25) is 4.98 Å². The van der Waals surface area contributed by atoms with Crippen LogP contribution in [-0.4, -0.2) is 11.2 Å². The van der Waals surface area contributed by atoms with E-state index >= 15 is 0 Å². The van der Waals surface area contributed by atoms with Crippen molar-refractivity contribution in [2.24, 2.45) is 0 Å². The van der Waals surface area contributed by atoms with Gasteiger partial charge in [0.25, 0.3) is 0 Å². The molecule has 1 heterocycles. The minimum atomic E-state index is -5.60. The van der Waals surface area contributed by atoms with Crippen LogP contribution in [0, 0.1) is 6.92 Å². The Bertz CT molecular complexity index is 313. The average molecular weight is 210 g/mol. The molecule has 1 nitrogen and oxygen atoms in total. The van der Waals surface area contributed by atoms with Crippen LogP contribution in [-0.2, 0) is 5.92 Å². The van der Waals surface area contributed by atoms with Crippen molar-refractivity contribution in [1.29, 1.82) is 0 Å². The average Bonchev–Trinajstić information content (AvgIpc) is 2.03. The van der Waals surface area contributed by atoms with Gasteiger partial charge in [0.05, 0.1) is 0 Å². The van der Waals surface area contributed by atoms with Crippen molar-refractivity contribution in [3.63, 3.8) is 0 Å². The van der Waals surface area contributed by atoms with E-state index in [1.54, 1.807) is 0 Å². The molecule has 0 saturated carbocycles. The van der Waals surface area contributed by atoms with E-state index < -0.39 is 17.7 Å². The lowest BCUT2D eigenvalue weighted by Crippen LogP contribution is -2.33. The molecule has 0 aliphatic heterocycles. The standard InChI is InChI=1S/C8H5F5N/c1-5-2-3-6(4-14-5)7(9,10)8(11,12)13/h2-4H,1H2. The Kier molecular flexibility index (Phi) is 2.47. The molecule has 6 heteroatoms. The Morgan fingerprint density at radius 1 is 1.07 bits per heavy atom. The van der Waals surface area contributed by atoms with E-state index in [1.807, 2.05) is 0 Å². The lowest BCUT2D eigenvalue weighted by atomic mass is 10.1. The molecular formula is C8H5F5N. The summed E-state index contributed by atoms with van der Waals surface area (Å²) >= 11 is 0. The Balaban J connectivity index is 3.10. The number of rotatable bonds is 1. The van der Waals surface area contributed by atoms with Crippen LogP contribution in [0.15, 0.2) is 18.3 Å². The van der Waals surface area contributed by atoms with Gasteiger partial charge in [0.15, 0.2) is 0 Å². The summed E-state index contributed by atoms with van der Waals surface area (Å²) in [6.07, 6.45) is -5.13. The maximum Gasteiger partial charge on any atom is 0.458 e. The zero-order chi connectivity index (χ0) is 11.0. The van der Waals surface area contributed by atoms with Gasteiger partial charge in [0, 0.05) is 17.5 Å². The van der Waals surface area contributed by atoms with E-state index in [0.29, 0.717) is 12.3 Å². The molecule has 14 heavy (non-hydrogen) atoms. The second-order valence-corrected chi connectivity index (χ2v) is 2.61. The molecule has 0 aliphatic carbocycles. The van der Waals surface area contributed by atoms with Crippen LogP contribution in [0.5, 0.6) is 0 Å². The fourth-order valence-electron chi connectivity index (χ4n) is 0.774. The predicted octanol–water partition coefficient (Wildman–Crippen LogP) is 2.92. The normalized spacial score (nSPS) is 13.0. The molecule has 0 atom stereocenters. The molecule has 0 amide bonds. The first kappa shape index (κ1) is 10.9. The quantitative estimate of drug-likeness (QED) is 0.649. The van der Waals surface area contributed by atoms with Crippen LogP contribution in [0.3, 0.4) is 0 Å². The Labute approximate surface area is 76.6 Å². The summed E-state index contributed by atoms with van der Waals surface area (Å²) in [5, 5.41) is 0. The fourth-order valence-corrected chi connectivity index (χ4v) is 0.774. The third-order valence-corrected chi connectivity index (χ3v) is 1.54. The van der Waals surface area contributed by atoms with Crippen molar-refractivity contribution in [2.75, 3.05) is 0 Å². The summed E-state index contributed by atoms with van der Waals surface area (Å²) in [5.74, 6) is -4.87. The van der Waals surface area contributed by atoms with E-state index in [0.717, 1.165) is 6.07 Å². The van der Waals surface area contributed by atoms with Crippen LogP contribution in [0.2, 0.25) is 0 Å². The van der Waals surface area contributed by atoms with E-state index in [2.05, 4.69) is 11.9 Å². The summed E-state index contributed by atoms with van der Waals surface area (Å²) in [7, 11) is 0. The third kappa shape index (κ3) is 1.83. The van der Waals surface area contributed by atoms with Gasteiger partial charge in [0.2, 0.25) is 0 Å². The summed E-state index contributed by atoms with van der Waals surface area (Å²) < 4.78 is 60.7. The molecule has 0 aliphatic rings. The van der Waals surface area contributed by atoms with E-state index in [9.17, 15) is 22.0 Å². The van der Waals surface area contributed by atoms with Gasteiger partial charge >= 0.3 is 12.1 Å². The van der Waals surface area contributed by atoms with Crippen LogP contribution >= 0.6 is 0 Å². The lowest BCUT2D eigenvalue weighted by molar-refractivity contribution is -0.289. The highest BCUT2D eigenvalue weighted by Crippen LogP contribution is 2.43. The number of halogens is 5. The number of hydrogen-bond donors (Lipinski definition) is 0. The molecule has 1 radical (unpaired) electrons. The summed E-state index contributed by atoms with van der Waals surface area (Å²) in [6.45, 7) is 3.27. The second kappa shape index (κ2) is 3.18. The SMILES string of the molecule is [CH2]c1ccc(C(F)(F)C(F)(F)F)cn1. The van der Waals surface area contributed by atoms with E-state index in [1.165, 1.54) is 0 Å². The topological polar surface area (TPSA) is 12.9 Å². The van der Waals surface area contributed by atoms with Crippen molar-refractivity contribution in [1.82, 2.24) is 4.98 Å². The van der Waals surface area contributed by atoms with Gasteiger partial charge in [0.1, 0.15) is 0 Å². The zero-order valence-electron chi connectivity index (χ0n) is 6.78. The summed E-state index contributed by atoms with van der Waals surface area (Å²) in [6, 6.07) is 1.65. The molecule has 0 saturated heterocycles.